The third kappa shape index (κ3) is 3.69. The molecule has 0 radical (unpaired) electrons. The van der Waals surface area contributed by atoms with Crippen molar-refractivity contribution in [1.29, 1.82) is 0 Å². The number of ether oxygens (including phenoxy) is 1. The Balaban J connectivity index is 2.27. The van der Waals surface area contributed by atoms with Crippen LogP contribution in [0.1, 0.15) is 6.92 Å². The SMILES string of the molecule is CCOc1nc(NN)nc(Nc2ccc(Br)c(Cl)c2)n1. The van der Waals surface area contributed by atoms with Crippen LogP contribution in [0.25, 0.3) is 0 Å². The minimum Gasteiger partial charge on any atom is -0.464 e. The maximum absolute atomic E-state index is 6.02. The molecular formula is C11H12BrClN6O. The van der Waals surface area contributed by atoms with Crippen LogP contribution in [0.15, 0.2) is 22.7 Å². The summed E-state index contributed by atoms with van der Waals surface area (Å²) in [6.07, 6.45) is 0. The fraction of sp³-hybridized carbons (Fsp3) is 0.182. The van der Waals surface area contributed by atoms with Crippen molar-refractivity contribution in [3.63, 3.8) is 0 Å². The van der Waals surface area contributed by atoms with Crippen molar-refractivity contribution in [2.45, 2.75) is 6.92 Å². The molecule has 20 heavy (non-hydrogen) atoms. The number of halogens is 2. The van der Waals surface area contributed by atoms with Gasteiger partial charge in [-0.3, -0.25) is 5.43 Å². The molecule has 106 valence electrons. The molecule has 0 bridgehead atoms. The number of hydrazine groups is 1. The normalized spacial score (nSPS) is 10.2. The maximum atomic E-state index is 6.02. The predicted octanol–water partition coefficient (Wildman–Crippen LogP) is 2.72. The molecule has 0 unspecified atom stereocenters. The first-order valence-corrected chi connectivity index (χ1v) is 6.87. The van der Waals surface area contributed by atoms with Gasteiger partial charge in [-0.1, -0.05) is 11.6 Å². The van der Waals surface area contributed by atoms with Crippen molar-refractivity contribution < 1.29 is 4.74 Å². The Kier molecular flexibility index (Phi) is 4.94. The van der Waals surface area contributed by atoms with Crippen molar-refractivity contribution in [1.82, 2.24) is 15.0 Å². The van der Waals surface area contributed by atoms with Gasteiger partial charge in [-0.25, -0.2) is 5.84 Å². The van der Waals surface area contributed by atoms with Gasteiger partial charge in [0.25, 0.3) is 0 Å². The van der Waals surface area contributed by atoms with E-state index in [4.69, 9.17) is 22.2 Å². The number of nitrogens with two attached hydrogens (primary N) is 1. The van der Waals surface area contributed by atoms with Crippen LogP contribution in [0.4, 0.5) is 17.6 Å². The Morgan fingerprint density at radius 2 is 2.05 bits per heavy atom. The third-order valence-electron chi connectivity index (χ3n) is 2.19. The largest absolute Gasteiger partial charge is 0.464 e. The molecule has 0 atom stereocenters. The number of hydrogen-bond acceptors (Lipinski definition) is 7. The number of nitrogens with one attached hydrogen (secondary N) is 2. The van der Waals surface area contributed by atoms with E-state index >= 15 is 0 Å². The minimum absolute atomic E-state index is 0.182. The third-order valence-corrected chi connectivity index (χ3v) is 3.43. The van der Waals surface area contributed by atoms with Gasteiger partial charge in [0.15, 0.2) is 0 Å². The average molecular weight is 360 g/mol. The highest BCUT2D eigenvalue weighted by Gasteiger charge is 2.07. The van der Waals surface area contributed by atoms with Crippen LogP contribution >= 0.6 is 27.5 Å². The summed E-state index contributed by atoms with van der Waals surface area (Å²) in [6.45, 7) is 2.28. The zero-order valence-electron chi connectivity index (χ0n) is 10.5. The van der Waals surface area contributed by atoms with Gasteiger partial charge in [-0.15, -0.1) is 0 Å². The van der Waals surface area contributed by atoms with Crippen LogP contribution in [0.5, 0.6) is 6.01 Å². The second-order valence-corrected chi connectivity index (χ2v) is 4.86. The Bertz CT molecular complexity index is 611. The first-order chi connectivity index (χ1) is 9.62. The van der Waals surface area contributed by atoms with Crippen LogP contribution < -0.4 is 21.3 Å². The van der Waals surface area contributed by atoms with E-state index in [1.165, 1.54) is 0 Å². The van der Waals surface area contributed by atoms with E-state index in [0.29, 0.717) is 17.6 Å². The number of rotatable bonds is 5. The van der Waals surface area contributed by atoms with E-state index in [0.717, 1.165) is 10.2 Å². The molecule has 0 saturated carbocycles. The lowest BCUT2D eigenvalue weighted by molar-refractivity contribution is 0.312. The summed E-state index contributed by atoms with van der Waals surface area (Å²) in [5, 5.41) is 3.58. The van der Waals surface area contributed by atoms with Gasteiger partial charge in [0.1, 0.15) is 0 Å². The van der Waals surface area contributed by atoms with E-state index in [1.54, 1.807) is 6.07 Å². The van der Waals surface area contributed by atoms with Crippen LogP contribution in [0, 0.1) is 0 Å². The molecule has 0 spiro atoms. The molecule has 0 aliphatic rings. The quantitative estimate of drug-likeness (QED) is 0.557. The number of benzene rings is 1. The number of nitrogens with zero attached hydrogens (tertiary/aromatic N) is 3. The van der Waals surface area contributed by atoms with E-state index in [-0.39, 0.29) is 12.0 Å². The van der Waals surface area contributed by atoms with Crippen LogP contribution in [-0.2, 0) is 0 Å². The Morgan fingerprint density at radius 1 is 1.30 bits per heavy atom. The standard InChI is InChI=1S/C11H12BrClN6O/c1-2-20-11-17-9(16-10(18-11)19-14)15-6-3-4-7(12)8(13)5-6/h3-5H,2,14H2,1H3,(H2,15,16,17,18,19). The summed E-state index contributed by atoms with van der Waals surface area (Å²) >= 11 is 9.34. The van der Waals surface area contributed by atoms with Crippen molar-refractivity contribution in [2.24, 2.45) is 5.84 Å². The highest BCUT2D eigenvalue weighted by atomic mass is 79.9. The average Bonchev–Trinajstić information content (AvgIpc) is 2.43. The molecule has 0 aliphatic carbocycles. The molecule has 4 N–H and O–H groups in total. The van der Waals surface area contributed by atoms with Crippen molar-refractivity contribution in [3.8, 4) is 6.01 Å². The Labute approximate surface area is 129 Å². The van der Waals surface area contributed by atoms with Crippen molar-refractivity contribution in [3.05, 3.63) is 27.7 Å². The fourth-order valence-corrected chi connectivity index (χ4v) is 1.80. The predicted molar refractivity (Wildman–Crippen MR) is 81.2 cm³/mol. The van der Waals surface area contributed by atoms with E-state index < -0.39 is 0 Å². The van der Waals surface area contributed by atoms with Gasteiger partial charge < -0.3 is 10.1 Å². The number of nitrogen functional groups attached to an aromatic ring is 1. The molecule has 0 amide bonds. The first-order valence-electron chi connectivity index (χ1n) is 5.70. The first kappa shape index (κ1) is 14.8. The van der Waals surface area contributed by atoms with E-state index in [9.17, 15) is 0 Å². The van der Waals surface area contributed by atoms with Gasteiger partial charge in [0.2, 0.25) is 11.9 Å². The van der Waals surface area contributed by atoms with Crippen molar-refractivity contribution >= 4 is 45.1 Å². The molecule has 7 nitrogen and oxygen atoms in total. The second-order valence-electron chi connectivity index (χ2n) is 3.60. The zero-order valence-corrected chi connectivity index (χ0v) is 12.9. The Morgan fingerprint density at radius 3 is 2.70 bits per heavy atom. The summed E-state index contributed by atoms with van der Waals surface area (Å²) in [7, 11) is 0. The van der Waals surface area contributed by atoms with Crippen molar-refractivity contribution in [2.75, 3.05) is 17.3 Å². The zero-order chi connectivity index (χ0) is 14.5. The van der Waals surface area contributed by atoms with Gasteiger partial charge in [0.05, 0.1) is 11.6 Å². The molecular weight excluding hydrogens is 348 g/mol. The molecule has 2 rings (SSSR count). The van der Waals surface area contributed by atoms with Crippen LogP contribution in [-0.4, -0.2) is 21.6 Å². The molecule has 1 aromatic carbocycles. The number of anilines is 3. The second kappa shape index (κ2) is 6.69. The lowest BCUT2D eigenvalue weighted by Gasteiger charge is -2.09. The summed E-state index contributed by atoms with van der Waals surface area (Å²) in [6, 6.07) is 5.57. The molecule has 9 heteroatoms. The summed E-state index contributed by atoms with van der Waals surface area (Å²) in [5.74, 6) is 5.81. The van der Waals surface area contributed by atoms with Gasteiger partial charge >= 0.3 is 6.01 Å². The Hall–Kier alpha value is -1.64. The number of hydrogen-bond donors (Lipinski definition) is 3. The minimum atomic E-state index is 0.182. The summed E-state index contributed by atoms with van der Waals surface area (Å²) in [4.78, 5) is 12.2. The topological polar surface area (TPSA) is 98.0 Å². The lowest BCUT2D eigenvalue weighted by atomic mass is 10.3. The molecule has 0 saturated heterocycles. The molecule has 2 aromatic rings. The molecule has 1 aromatic heterocycles. The van der Waals surface area contributed by atoms with Gasteiger partial charge in [-0.05, 0) is 41.1 Å². The highest BCUT2D eigenvalue weighted by Crippen LogP contribution is 2.27. The monoisotopic (exact) mass is 358 g/mol. The fourth-order valence-electron chi connectivity index (χ4n) is 1.37. The highest BCUT2D eigenvalue weighted by molar-refractivity contribution is 9.10. The van der Waals surface area contributed by atoms with Gasteiger partial charge in [0, 0.05) is 10.2 Å². The maximum Gasteiger partial charge on any atom is 0.323 e. The molecule has 0 fully saturated rings. The lowest BCUT2D eigenvalue weighted by Crippen LogP contribution is -2.13. The number of aromatic nitrogens is 3. The van der Waals surface area contributed by atoms with Crippen LogP contribution in [0.2, 0.25) is 5.02 Å². The smallest absolute Gasteiger partial charge is 0.323 e. The molecule has 0 aliphatic heterocycles. The van der Waals surface area contributed by atoms with E-state index in [2.05, 4.69) is 41.6 Å². The van der Waals surface area contributed by atoms with E-state index in [1.807, 2.05) is 19.1 Å². The van der Waals surface area contributed by atoms with Gasteiger partial charge in [-0.2, -0.15) is 15.0 Å². The molecule has 1 heterocycles. The van der Waals surface area contributed by atoms with Crippen LogP contribution in [0.3, 0.4) is 0 Å². The summed E-state index contributed by atoms with van der Waals surface area (Å²) in [5.41, 5.74) is 3.09. The summed E-state index contributed by atoms with van der Waals surface area (Å²) < 4.78 is 6.04.